The van der Waals surface area contributed by atoms with Crippen LogP contribution >= 0.6 is 11.6 Å². The third-order valence-electron chi connectivity index (χ3n) is 6.65. The molecular weight excluding hydrogens is 396 g/mol. The summed E-state index contributed by atoms with van der Waals surface area (Å²) in [5, 5.41) is 23.9. The van der Waals surface area contributed by atoms with E-state index in [1.165, 1.54) is 0 Å². The number of piperazine rings is 1. The van der Waals surface area contributed by atoms with Gasteiger partial charge in [0.25, 0.3) is 0 Å². The molecule has 2 N–H and O–H groups in total. The second-order valence-corrected chi connectivity index (χ2v) is 8.46. The van der Waals surface area contributed by atoms with Crippen molar-refractivity contribution in [3.8, 4) is 0 Å². The van der Waals surface area contributed by atoms with Crippen molar-refractivity contribution in [2.24, 2.45) is 0 Å². The molecule has 0 aromatic heterocycles. The Morgan fingerprint density at radius 2 is 1.23 bits per heavy atom. The van der Waals surface area contributed by atoms with E-state index in [1.807, 2.05) is 78.9 Å². The topological polar surface area (TPSA) is 46.9 Å². The standard InChI is InChI=1S/C25H25ClN2O2/c26-21-12-6-7-13-22(21)27-14-16-28(17-15-27)25(18-8-2-1-3-9-18)23(29)19-10-4-5-11-20(19)24(25)30/h1-13,23-24,29-30H,14-17H2. The van der Waals surface area contributed by atoms with Gasteiger partial charge in [0.1, 0.15) is 17.7 Å². The number of anilines is 1. The maximum Gasteiger partial charge on any atom is 0.107 e. The van der Waals surface area contributed by atoms with Crippen molar-refractivity contribution in [2.45, 2.75) is 17.7 Å². The molecule has 1 heterocycles. The summed E-state index contributed by atoms with van der Waals surface area (Å²) in [4.78, 5) is 4.53. The van der Waals surface area contributed by atoms with Gasteiger partial charge in [-0.25, -0.2) is 0 Å². The van der Waals surface area contributed by atoms with Gasteiger partial charge in [0.2, 0.25) is 0 Å². The Kier molecular flexibility index (Phi) is 5.03. The third-order valence-corrected chi connectivity index (χ3v) is 6.97. The van der Waals surface area contributed by atoms with E-state index >= 15 is 0 Å². The average Bonchev–Trinajstić information content (AvgIpc) is 3.03. The lowest BCUT2D eigenvalue weighted by Crippen LogP contribution is -2.58. The summed E-state index contributed by atoms with van der Waals surface area (Å²) in [6, 6.07) is 25.5. The van der Waals surface area contributed by atoms with Gasteiger partial charge in [-0.05, 0) is 28.8 Å². The molecule has 1 aliphatic heterocycles. The van der Waals surface area contributed by atoms with Crippen molar-refractivity contribution >= 4 is 17.3 Å². The van der Waals surface area contributed by atoms with Crippen molar-refractivity contribution in [3.05, 3.63) is 101 Å². The molecule has 0 spiro atoms. The molecular formula is C25H25ClN2O2. The number of hydrogen-bond donors (Lipinski definition) is 2. The monoisotopic (exact) mass is 420 g/mol. The van der Waals surface area contributed by atoms with Crippen LogP contribution in [-0.4, -0.2) is 41.3 Å². The van der Waals surface area contributed by atoms with Gasteiger partial charge in [-0.1, -0.05) is 78.3 Å². The van der Waals surface area contributed by atoms with Crippen LogP contribution in [0.3, 0.4) is 0 Å². The highest BCUT2D eigenvalue weighted by molar-refractivity contribution is 6.33. The zero-order valence-corrected chi connectivity index (χ0v) is 17.4. The van der Waals surface area contributed by atoms with Crippen molar-refractivity contribution in [1.82, 2.24) is 4.90 Å². The molecule has 154 valence electrons. The Balaban J connectivity index is 1.52. The SMILES string of the molecule is OC1c2ccccc2C(O)C1(c1ccccc1)N1CCN(c2ccccc2Cl)CC1. The molecule has 2 aliphatic rings. The summed E-state index contributed by atoms with van der Waals surface area (Å²) in [5.74, 6) is 0. The number of aliphatic hydroxyl groups excluding tert-OH is 2. The Morgan fingerprint density at radius 1 is 0.700 bits per heavy atom. The predicted octanol–water partition coefficient (Wildman–Crippen LogP) is 4.14. The normalized spacial score (nSPS) is 26.6. The van der Waals surface area contributed by atoms with Crippen LogP contribution in [0, 0.1) is 0 Å². The number of nitrogens with zero attached hydrogens (tertiary/aromatic N) is 2. The number of para-hydroxylation sites is 1. The Bertz CT molecular complexity index is 1010. The first-order valence-corrected chi connectivity index (χ1v) is 10.8. The molecule has 5 heteroatoms. The predicted molar refractivity (Wildman–Crippen MR) is 120 cm³/mol. The zero-order chi connectivity index (χ0) is 20.7. The lowest BCUT2D eigenvalue weighted by Gasteiger charge is -2.50. The fourth-order valence-corrected chi connectivity index (χ4v) is 5.46. The fraction of sp³-hybridized carbons (Fsp3) is 0.280. The van der Waals surface area contributed by atoms with E-state index in [2.05, 4.69) is 9.80 Å². The quantitative estimate of drug-likeness (QED) is 0.668. The molecule has 30 heavy (non-hydrogen) atoms. The first-order valence-electron chi connectivity index (χ1n) is 10.4. The maximum absolute atomic E-state index is 11.6. The molecule has 2 unspecified atom stereocenters. The van der Waals surface area contributed by atoms with E-state index in [0.29, 0.717) is 13.1 Å². The molecule has 1 aliphatic carbocycles. The number of fused-ring (bicyclic) bond motifs is 1. The molecule has 1 fully saturated rings. The van der Waals surface area contributed by atoms with Gasteiger partial charge in [-0.15, -0.1) is 0 Å². The number of hydrogen-bond acceptors (Lipinski definition) is 4. The van der Waals surface area contributed by atoms with E-state index in [9.17, 15) is 10.2 Å². The maximum atomic E-state index is 11.6. The van der Waals surface area contributed by atoms with Crippen LogP contribution in [0.5, 0.6) is 0 Å². The van der Waals surface area contributed by atoms with Crippen LogP contribution in [0.1, 0.15) is 28.9 Å². The van der Waals surface area contributed by atoms with Gasteiger partial charge in [-0.3, -0.25) is 4.90 Å². The smallest absolute Gasteiger partial charge is 0.107 e. The van der Waals surface area contributed by atoms with E-state index in [1.54, 1.807) is 0 Å². The van der Waals surface area contributed by atoms with Gasteiger partial charge in [0, 0.05) is 26.2 Å². The Morgan fingerprint density at radius 3 is 1.83 bits per heavy atom. The fourth-order valence-electron chi connectivity index (χ4n) is 5.21. The van der Waals surface area contributed by atoms with E-state index < -0.39 is 17.7 Å². The molecule has 0 bridgehead atoms. The van der Waals surface area contributed by atoms with E-state index in [4.69, 9.17) is 11.6 Å². The van der Waals surface area contributed by atoms with Crippen LogP contribution in [0.2, 0.25) is 5.02 Å². The largest absolute Gasteiger partial charge is 0.386 e. The highest BCUT2D eigenvalue weighted by Gasteiger charge is 2.57. The van der Waals surface area contributed by atoms with E-state index in [0.717, 1.165) is 40.5 Å². The third kappa shape index (κ3) is 2.87. The van der Waals surface area contributed by atoms with Crippen molar-refractivity contribution < 1.29 is 10.2 Å². The first kappa shape index (κ1) is 19.6. The molecule has 3 aromatic carbocycles. The lowest BCUT2D eigenvalue weighted by atomic mass is 9.80. The summed E-state index contributed by atoms with van der Waals surface area (Å²) in [6.45, 7) is 2.96. The summed E-state index contributed by atoms with van der Waals surface area (Å²) in [5.41, 5.74) is 2.68. The molecule has 0 amide bonds. The summed E-state index contributed by atoms with van der Waals surface area (Å²) in [7, 11) is 0. The first-order chi connectivity index (χ1) is 14.6. The minimum absolute atomic E-state index is 0.711. The molecule has 0 saturated carbocycles. The summed E-state index contributed by atoms with van der Waals surface area (Å²) >= 11 is 6.42. The highest BCUT2D eigenvalue weighted by atomic mass is 35.5. The van der Waals surface area contributed by atoms with Crippen LogP contribution in [-0.2, 0) is 5.54 Å². The average molecular weight is 421 g/mol. The second-order valence-electron chi connectivity index (χ2n) is 8.05. The minimum Gasteiger partial charge on any atom is -0.386 e. The molecule has 5 rings (SSSR count). The Labute approximate surface area is 181 Å². The summed E-state index contributed by atoms with van der Waals surface area (Å²) < 4.78 is 0. The van der Waals surface area contributed by atoms with Crippen molar-refractivity contribution in [1.29, 1.82) is 0 Å². The van der Waals surface area contributed by atoms with Crippen molar-refractivity contribution in [3.63, 3.8) is 0 Å². The minimum atomic E-state index is -0.905. The summed E-state index contributed by atoms with van der Waals surface area (Å²) in [6.07, 6.45) is -1.61. The van der Waals surface area contributed by atoms with Gasteiger partial charge in [0.05, 0.1) is 10.7 Å². The second kappa shape index (κ2) is 7.71. The van der Waals surface area contributed by atoms with Crippen LogP contribution < -0.4 is 4.90 Å². The van der Waals surface area contributed by atoms with Gasteiger partial charge in [0.15, 0.2) is 0 Å². The van der Waals surface area contributed by atoms with Gasteiger partial charge < -0.3 is 15.1 Å². The van der Waals surface area contributed by atoms with Crippen molar-refractivity contribution in [2.75, 3.05) is 31.1 Å². The molecule has 0 radical (unpaired) electrons. The molecule has 4 nitrogen and oxygen atoms in total. The van der Waals surface area contributed by atoms with Gasteiger partial charge >= 0.3 is 0 Å². The highest BCUT2D eigenvalue weighted by Crippen LogP contribution is 2.56. The van der Waals surface area contributed by atoms with E-state index in [-0.39, 0.29) is 0 Å². The number of halogens is 1. The number of aliphatic hydroxyl groups is 2. The van der Waals surface area contributed by atoms with Crippen LogP contribution in [0.4, 0.5) is 5.69 Å². The molecule has 3 aromatic rings. The van der Waals surface area contributed by atoms with Crippen LogP contribution in [0.25, 0.3) is 0 Å². The number of benzene rings is 3. The number of rotatable bonds is 3. The van der Waals surface area contributed by atoms with Crippen LogP contribution in [0.15, 0.2) is 78.9 Å². The molecule has 1 saturated heterocycles. The van der Waals surface area contributed by atoms with Gasteiger partial charge in [-0.2, -0.15) is 0 Å². The Hall–Kier alpha value is -2.37. The zero-order valence-electron chi connectivity index (χ0n) is 16.7. The molecule has 2 atom stereocenters. The lowest BCUT2D eigenvalue weighted by molar-refractivity contribution is -0.102.